The van der Waals surface area contributed by atoms with Crippen LogP contribution in [-0.2, 0) is 11.3 Å². The van der Waals surface area contributed by atoms with Crippen molar-refractivity contribution in [2.24, 2.45) is 0 Å². The monoisotopic (exact) mass is 342 g/mol. The molecule has 110 valence electrons. The first kappa shape index (κ1) is 15.1. The third kappa shape index (κ3) is 3.64. The van der Waals surface area contributed by atoms with Crippen molar-refractivity contribution < 1.29 is 14.3 Å². The summed E-state index contributed by atoms with van der Waals surface area (Å²) in [6.45, 7) is 6.11. The Bertz CT molecular complexity index is 494. The molecule has 0 fully saturated rings. The maximum absolute atomic E-state index is 11.6. The van der Waals surface area contributed by atoms with E-state index >= 15 is 0 Å². The molecule has 0 radical (unpaired) electrons. The fourth-order valence-corrected chi connectivity index (χ4v) is 2.56. The number of fused-ring (bicyclic) bond motifs is 1. The smallest absolute Gasteiger partial charge is 0.236 e. The molecule has 2 rings (SSSR count). The molecule has 0 aromatic heterocycles. The van der Waals surface area contributed by atoms with Crippen molar-refractivity contribution in [2.45, 2.75) is 26.4 Å². The topological polar surface area (TPSA) is 59.6 Å². The summed E-state index contributed by atoms with van der Waals surface area (Å²) in [7, 11) is 0. The Hall–Kier alpha value is -1.27. The summed E-state index contributed by atoms with van der Waals surface area (Å²) >= 11 is 3.48. The number of hydrogen-bond acceptors (Lipinski definition) is 4. The van der Waals surface area contributed by atoms with Crippen LogP contribution in [0.4, 0.5) is 0 Å². The fourth-order valence-electron chi connectivity index (χ4n) is 1.96. The van der Waals surface area contributed by atoms with Gasteiger partial charge >= 0.3 is 0 Å². The number of carbonyl (C=O) groups excluding carboxylic acids is 1. The molecule has 0 bridgehead atoms. The number of hydrogen-bond donors (Lipinski definition) is 2. The van der Waals surface area contributed by atoms with E-state index in [-0.39, 0.29) is 11.9 Å². The lowest BCUT2D eigenvalue weighted by molar-refractivity contribution is -0.122. The molecule has 0 spiro atoms. The number of halogens is 1. The summed E-state index contributed by atoms with van der Waals surface area (Å²) < 4.78 is 12.0. The Morgan fingerprint density at radius 3 is 2.90 bits per heavy atom. The van der Waals surface area contributed by atoms with E-state index in [0.29, 0.717) is 26.3 Å². The molecule has 1 atom stereocenters. The first-order valence-electron chi connectivity index (χ1n) is 6.71. The minimum atomic E-state index is -0.234. The number of likely N-dealkylation sites (N-methyl/N-ethyl adjacent to an activating group) is 1. The largest absolute Gasteiger partial charge is 0.486 e. The van der Waals surface area contributed by atoms with Crippen molar-refractivity contribution in [1.29, 1.82) is 0 Å². The summed E-state index contributed by atoms with van der Waals surface area (Å²) in [5.74, 6) is 1.49. The average molecular weight is 343 g/mol. The predicted molar refractivity (Wildman–Crippen MR) is 80.1 cm³/mol. The van der Waals surface area contributed by atoms with E-state index in [2.05, 4.69) is 26.6 Å². The summed E-state index contributed by atoms with van der Waals surface area (Å²) in [5, 5.41) is 5.98. The summed E-state index contributed by atoms with van der Waals surface area (Å²) in [4.78, 5) is 11.6. The molecule has 1 amide bonds. The van der Waals surface area contributed by atoms with Crippen molar-refractivity contribution in [3.8, 4) is 11.5 Å². The quantitative estimate of drug-likeness (QED) is 0.857. The van der Waals surface area contributed by atoms with Crippen LogP contribution in [0.2, 0.25) is 0 Å². The third-order valence-corrected chi connectivity index (χ3v) is 3.60. The van der Waals surface area contributed by atoms with Crippen LogP contribution >= 0.6 is 15.9 Å². The third-order valence-electron chi connectivity index (χ3n) is 3.01. The summed E-state index contributed by atoms with van der Waals surface area (Å²) in [6, 6.07) is 3.68. The highest BCUT2D eigenvalue weighted by atomic mass is 79.9. The fraction of sp³-hybridized carbons (Fsp3) is 0.500. The highest BCUT2D eigenvalue weighted by molar-refractivity contribution is 9.10. The van der Waals surface area contributed by atoms with Crippen molar-refractivity contribution in [3.63, 3.8) is 0 Å². The second-order valence-electron chi connectivity index (χ2n) is 4.60. The second kappa shape index (κ2) is 6.95. The molecular formula is C14H19BrN2O3. The van der Waals surface area contributed by atoms with Gasteiger partial charge in [-0.05, 0) is 47.5 Å². The number of amides is 1. The van der Waals surface area contributed by atoms with Gasteiger partial charge in [0.05, 0.1) is 10.5 Å². The lowest BCUT2D eigenvalue weighted by Crippen LogP contribution is -2.41. The van der Waals surface area contributed by atoms with Gasteiger partial charge in [0.25, 0.3) is 0 Å². The lowest BCUT2D eigenvalue weighted by Gasteiger charge is -2.21. The molecule has 0 saturated heterocycles. The van der Waals surface area contributed by atoms with E-state index in [1.54, 1.807) is 0 Å². The predicted octanol–water partition coefficient (Wildman–Crippen LogP) is 1.83. The van der Waals surface area contributed by atoms with Gasteiger partial charge < -0.3 is 20.1 Å². The van der Waals surface area contributed by atoms with Crippen molar-refractivity contribution in [1.82, 2.24) is 10.6 Å². The van der Waals surface area contributed by atoms with Crippen LogP contribution in [0.5, 0.6) is 11.5 Å². The molecule has 1 aliphatic rings. The maximum Gasteiger partial charge on any atom is 0.236 e. The number of rotatable bonds is 5. The Kier molecular flexibility index (Phi) is 5.25. The number of ether oxygens (including phenoxy) is 2. The SMILES string of the molecule is CCNC(=O)C(C)NCc1cc(Br)c2c(c1)OCCO2. The van der Waals surface area contributed by atoms with E-state index in [1.807, 2.05) is 26.0 Å². The van der Waals surface area contributed by atoms with Crippen LogP contribution in [0, 0.1) is 0 Å². The summed E-state index contributed by atoms with van der Waals surface area (Å²) in [6.07, 6.45) is 0. The highest BCUT2D eigenvalue weighted by Gasteiger charge is 2.17. The van der Waals surface area contributed by atoms with Gasteiger partial charge in [0.15, 0.2) is 11.5 Å². The van der Waals surface area contributed by atoms with E-state index in [0.717, 1.165) is 21.5 Å². The second-order valence-corrected chi connectivity index (χ2v) is 5.45. The van der Waals surface area contributed by atoms with Gasteiger partial charge in [0, 0.05) is 13.1 Å². The van der Waals surface area contributed by atoms with Gasteiger partial charge in [0.1, 0.15) is 13.2 Å². The molecule has 0 aliphatic carbocycles. The zero-order chi connectivity index (χ0) is 14.5. The van der Waals surface area contributed by atoms with Gasteiger partial charge in [-0.2, -0.15) is 0 Å². The van der Waals surface area contributed by atoms with Crippen molar-refractivity contribution in [3.05, 3.63) is 22.2 Å². The van der Waals surface area contributed by atoms with Gasteiger partial charge in [-0.3, -0.25) is 4.79 Å². The number of nitrogens with one attached hydrogen (secondary N) is 2. The van der Waals surface area contributed by atoms with Crippen LogP contribution in [0.3, 0.4) is 0 Å². The van der Waals surface area contributed by atoms with Crippen LogP contribution in [-0.4, -0.2) is 31.7 Å². The maximum atomic E-state index is 11.6. The average Bonchev–Trinajstić information content (AvgIpc) is 2.45. The van der Waals surface area contributed by atoms with Gasteiger partial charge in [-0.1, -0.05) is 0 Å². The molecule has 6 heteroatoms. The van der Waals surface area contributed by atoms with Gasteiger partial charge in [-0.25, -0.2) is 0 Å². The molecule has 5 nitrogen and oxygen atoms in total. The Labute approximate surface area is 127 Å². The summed E-state index contributed by atoms with van der Waals surface area (Å²) in [5.41, 5.74) is 1.04. The first-order valence-corrected chi connectivity index (χ1v) is 7.50. The van der Waals surface area contributed by atoms with E-state index in [1.165, 1.54) is 0 Å². The van der Waals surface area contributed by atoms with E-state index < -0.39 is 0 Å². The standard InChI is InChI=1S/C14H19BrN2O3/c1-3-16-14(18)9(2)17-8-10-6-11(15)13-12(7-10)19-4-5-20-13/h6-7,9,17H,3-5,8H2,1-2H3,(H,16,18). The molecule has 1 aromatic rings. The Balaban J connectivity index is 2.00. The van der Waals surface area contributed by atoms with Gasteiger partial charge in [0.2, 0.25) is 5.91 Å². The Morgan fingerprint density at radius 1 is 1.40 bits per heavy atom. The van der Waals surface area contributed by atoms with Crippen molar-refractivity contribution >= 4 is 21.8 Å². The van der Waals surface area contributed by atoms with E-state index in [9.17, 15) is 4.79 Å². The van der Waals surface area contributed by atoms with Crippen molar-refractivity contribution in [2.75, 3.05) is 19.8 Å². The molecule has 1 aromatic carbocycles. The van der Waals surface area contributed by atoms with Crippen LogP contribution in [0.25, 0.3) is 0 Å². The highest BCUT2D eigenvalue weighted by Crippen LogP contribution is 2.38. The Morgan fingerprint density at radius 2 is 2.15 bits per heavy atom. The van der Waals surface area contributed by atoms with Crippen LogP contribution < -0.4 is 20.1 Å². The molecule has 1 aliphatic heterocycles. The molecular weight excluding hydrogens is 324 g/mol. The zero-order valence-corrected chi connectivity index (χ0v) is 13.2. The number of carbonyl (C=O) groups is 1. The number of benzene rings is 1. The lowest BCUT2D eigenvalue weighted by atomic mass is 10.1. The minimum Gasteiger partial charge on any atom is -0.486 e. The molecule has 1 heterocycles. The molecule has 2 N–H and O–H groups in total. The van der Waals surface area contributed by atoms with Gasteiger partial charge in [-0.15, -0.1) is 0 Å². The molecule has 20 heavy (non-hydrogen) atoms. The van der Waals surface area contributed by atoms with Crippen LogP contribution in [0.1, 0.15) is 19.4 Å². The minimum absolute atomic E-state index is 0.00380. The zero-order valence-electron chi connectivity index (χ0n) is 11.7. The first-order chi connectivity index (χ1) is 9.61. The normalized spacial score (nSPS) is 14.8. The van der Waals surface area contributed by atoms with E-state index in [4.69, 9.17) is 9.47 Å². The molecule has 0 saturated carbocycles. The molecule has 1 unspecified atom stereocenters. The van der Waals surface area contributed by atoms with Crippen LogP contribution in [0.15, 0.2) is 16.6 Å².